The maximum absolute atomic E-state index is 12.6. The standard InChI is InChI=1S/C21H22ClN5O2S2/c22-13-4-5-17(23-10-13)26-6-8-27(9-7-26)18(28)12-30-11-16-24-20(29)19-14-2-1-3-15(14)31-21(19)25-16/h4-5,10H,1-3,6-9,11-12H2,(H,24,25,29). The summed E-state index contributed by atoms with van der Waals surface area (Å²) < 4.78 is 0. The van der Waals surface area contributed by atoms with Gasteiger partial charge < -0.3 is 14.8 Å². The number of aromatic amines is 1. The molecule has 1 amide bonds. The Morgan fingerprint density at radius 1 is 1.23 bits per heavy atom. The number of thiophene rings is 1. The maximum atomic E-state index is 12.6. The number of hydrogen-bond donors (Lipinski definition) is 1. The average Bonchev–Trinajstić information content (AvgIpc) is 3.35. The van der Waals surface area contributed by atoms with E-state index in [-0.39, 0.29) is 11.5 Å². The van der Waals surface area contributed by atoms with E-state index in [0.29, 0.717) is 35.4 Å². The Bertz CT molecular complexity index is 1170. The number of carbonyl (C=O) groups is 1. The molecule has 162 valence electrons. The van der Waals surface area contributed by atoms with Gasteiger partial charge in [0.2, 0.25) is 5.91 Å². The van der Waals surface area contributed by atoms with Crippen LogP contribution in [0.2, 0.25) is 5.02 Å². The molecule has 1 aliphatic carbocycles. The first kappa shape index (κ1) is 20.8. The smallest absolute Gasteiger partial charge is 0.259 e. The zero-order chi connectivity index (χ0) is 21.4. The number of nitrogens with zero attached hydrogens (tertiary/aromatic N) is 4. The van der Waals surface area contributed by atoms with Gasteiger partial charge in [-0.2, -0.15) is 0 Å². The summed E-state index contributed by atoms with van der Waals surface area (Å²) in [6.45, 7) is 2.84. The molecule has 1 fully saturated rings. The molecule has 0 unspecified atom stereocenters. The van der Waals surface area contributed by atoms with Crippen LogP contribution in [0.15, 0.2) is 23.1 Å². The van der Waals surface area contributed by atoms with E-state index in [0.717, 1.165) is 48.4 Å². The van der Waals surface area contributed by atoms with E-state index in [4.69, 9.17) is 11.6 Å². The molecule has 0 bridgehead atoms. The molecule has 2 aliphatic rings. The molecule has 7 nitrogen and oxygen atoms in total. The molecule has 0 atom stereocenters. The molecule has 3 aromatic heterocycles. The molecule has 4 heterocycles. The van der Waals surface area contributed by atoms with Gasteiger partial charge in [-0.15, -0.1) is 23.1 Å². The second kappa shape index (κ2) is 8.80. The minimum Gasteiger partial charge on any atom is -0.353 e. The number of rotatable bonds is 5. The number of halogens is 1. The van der Waals surface area contributed by atoms with Gasteiger partial charge in [0.05, 0.1) is 21.9 Å². The number of piperazine rings is 1. The third-order valence-electron chi connectivity index (χ3n) is 5.76. The lowest BCUT2D eigenvalue weighted by Gasteiger charge is -2.35. The summed E-state index contributed by atoms with van der Waals surface area (Å²) in [6, 6.07) is 3.74. The second-order valence-corrected chi connectivity index (χ2v) is 10.3. The Balaban J connectivity index is 1.14. The van der Waals surface area contributed by atoms with Gasteiger partial charge in [0.25, 0.3) is 5.56 Å². The fourth-order valence-corrected chi connectivity index (χ4v) is 6.36. The topological polar surface area (TPSA) is 82.2 Å². The third-order valence-corrected chi connectivity index (χ3v) is 8.09. The number of aromatic nitrogens is 3. The van der Waals surface area contributed by atoms with Crippen LogP contribution in [0, 0.1) is 0 Å². The van der Waals surface area contributed by atoms with Gasteiger partial charge in [-0.3, -0.25) is 9.59 Å². The first-order valence-electron chi connectivity index (χ1n) is 10.3. The molecule has 10 heteroatoms. The molecule has 0 aromatic carbocycles. The molecule has 0 saturated carbocycles. The van der Waals surface area contributed by atoms with Gasteiger partial charge in [-0.05, 0) is 37.0 Å². The van der Waals surface area contributed by atoms with Gasteiger partial charge >= 0.3 is 0 Å². The van der Waals surface area contributed by atoms with E-state index in [1.165, 1.54) is 22.2 Å². The largest absolute Gasteiger partial charge is 0.353 e. The molecule has 0 spiro atoms. The number of anilines is 1. The van der Waals surface area contributed by atoms with Crippen molar-refractivity contribution in [3.05, 3.63) is 50.0 Å². The number of carbonyl (C=O) groups excluding carboxylic acids is 1. The Morgan fingerprint density at radius 2 is 2.06 bits per heavy atom. The Labute approximate surface area is 192 Å². The highest BCUT2D eigenvalue weighted by atomic mass is 35.5. The summed E-state index contributed by atoms with van der Waals surface area (Å²) in [4.78, 5) is 43.3. The van der Waals surface area contributed by atoms with Crippen LogP contribution < -0.4 is 10.5 Å². The molecule has 5 rings (SSSR count). The minimum absolute atomic E-state index is 0.0433. The monoisotopic (exact) mass is 475 g/mol. The summed E-state index contributed by atoms with van der Waals surface area (Å²) in [7, 11) is 0. The van der Waals surface area contributed by atoms with Crippen LogP contribution in [0.5, 0.6) is 0 Å². The number of hydrogen-bond acceptors (Lipinski definition) is 7. The highest BCUT2D eigenvalue weighted by Crippen LogP contribution is 2.34. The molecular weight excluding hydrogens is 454 g/mol. The predicted molar refractivity (Wildman–Crippen MR) is 126 cm³/mol. The minimum atomic E-state index is -0.0433. The van der Waals surface area contributed by atoms with Crippen LogP contribution in [0.25, 0.3) is 10.2 Å². The molecule has 0 radical (unpaired) electrons. The van der Waals surface area contributed by atoms with Crippen LogP contribution in [0.1, 0.15) is 22.7 Å². The fourth-order valence-electron chi connectivity index (χ4n) is 4.18. The van der Waals surface area contributed by atoms with E-state index in [1.807, 2.05) is 17.0 Å². The lowest BCUT2D eigenvalue weighted by Crippen LogP contribution is -2.49. The third kappa shape index (κ3) is 4.31. The highest BCUT2D eigenvalue weighted by Gasteiger charge is 2.23. The average molecular weight is 476 g/mol. The Morgan fingerprint density at radius 3 is 2.84 bits per heavy atom. The zero-order valence-electron chi connectivity index (χ0n) is 16.9. The van der Waals surface area contributed by atoms with Crippen molar-refractivity contribution in [2.45, 2.75) is 25.0 Å². The fraction of sp³-hybridized carbons (Fsp3) is 0.429. The Kier molecular flexibility index (Phi) is 5.90. The highest BCUT2D eigenvalue weighted by molar-refractivity contribution is 7.99. The molecule has 1 saturated heterocycles. The van der Waals surface area contributed by atoms with E-state index < -0.39 is 0 Å². The number of H-pyrrole nitrogens is 1. The zero-order valence-corrected chi connectivity index (χ0v) is 19.3. The van der Waals surface area contributed by atoms with Crippen molar-refractivity contribution in [3.8, 4) is 0 Å². The van der Waals surface area contributed by atoms with Crippen molar-refractivity contribution in [3.63, 3.8) is 0 Å². The first-order chi connectivity index (χ1) is 15.1. The number of nitrogens with one attached hydrogen (secondary N) is 1. The van der Waals surface area contributed by atoms with Gasteiger partial charge in [0.1, 0.15) is 16.5 Å². The van der Waals surface area contributed by atoms with E-state index in [9.17, 15) is 9.59 Å². The SMILES string of the molecule is O=C(CSCc1nc2sc3c(c2c(=O)[nH]1)CCC3)N1CCN(c2ccc(Cl)cn2)CC1. The summed E-state index contributed by atoms with van der Waals surface area (Å²) in [5.74, 6) is 2.55. The normalized spacial score (nSPS) is 16.2. The van der Waals surface area contributed by atoms with Gasteiger partial charge in [-0.1, -0.05) is 11.6 Å². The summed E-state index contributed by atoms with van der Waals surface area (Å²) >= 11 is 9.04. The van der Waals surface area contributed by atoms with Crippen molar-refractivity contribution in [2.75, 3.05) is 36.8 Å². The van der Waals surface area contributed by atoms with Crippen molar-refractivity contribution in [1.82, 2.24) is 19.9 Å². The van der Waals surface area contributed by atoms with Crippen LogP contribution in [-0.4, -0.2) is 57.7 Å². The van der Waals surface area contributed by atoms with Gasteiger partial charge in [0, 0.05) is 37.3 Å². The molecule has 3 aromatic rings. The number of amides is 1. The van der Waals surface area contributed by atoms with Crippen LogP contribution >= 0.6 is 34.7 Å². The van der Waals surface area contributed by atoms with Crippen molar-refractivity contribution < 1.29 is 4.79 Å². The summed E-state index contributed by atoms with van der Waals surface area (Å²) in [6.07, 6.45) is 4.80. The number of thioether (sulfide) groups is 1. The number of pyridine rings is 1. The summed E-state index contributed by atoms with van der Waals surface area (Å²) in [5, 5.41) is 1.39. The number of fused-ring (bicyclic) bond motifs is 3. The van der Waals surface area contributed by atoms with Gasteiger partial charge in [0.15, 0.2) is 0 Å². The van der Waals surface area contributed by atoms with Crippen molar-refractivity contribution in [1.29, 1.82) is 0 Å². The van der Waals surface area contributed by atoms with E-state index in [1.54, 1.807) is 17.5 Å². The van der Waals surface area contributed by atoms with E-state index in [2.05, 4.69) is 19.9 Å². The van der Waals surface area contributed by atoms with Crippen molar-refractivity contribution in [2.24, 2.45) is 0 Å². The Hall–Kier alpha value is -2.10. The van der Waals surface area contributed by atoms with Crippen LogP contribution in [0.4, 0.5) is 5.82 Å². The second-order valence-electron chi connectivity index (χ2n) is 7.75. The molecule has 31 heavy (non-hydrogen) atoms. The number of aryl methyl sites for hydroxylation is 2. The quantitative estimate of drug-likeness (QED) is 0.610. The maximum Gasteiger partial charge on any atom is 0.259 e. The predicted octanol–water partition coefficient (Wildman–Crippen LogP) is 3.10. The van der Waals surface area contributed by atoms with Gasteiger partial charge in [-0.25, -0.2) is 9.97 Å². The molecular formula is C21H22ClN5O2S2. The first-order valence-corrected chi connectivity index (χ1v) is 12.7. The summed E-state index contributed by atoms with van der Waals surface area (Å²) in [5.41, 5.74) is 1.15. The molecule has 1 N–H and O–H groups in total. The van der Waals surface area contributed by atoms with Crippen LogP contribution in [0.3, 0.4) is 0 Å². The van der Waals surface area contributed by atoms with E-state index >= 15 is 0 Å². The van der Waals surface area contributed by atoms with Crippen molar-refractivity contribution >= 4 is 56.6 Å². The van der Waals surface area contributed by atoms with Crippen LogP contribution in [-0.2, 0) is 23.4 Å². The lowest BCUT2D eigenvalue weighted by atomic mass is 10.2. The lowest BCUT2D eigenvalue weighted by molar-refractivity contribution is -0.128. The molecule has 1 aliphatic heterocycles.